The summed E-state index contributed by atoms with van der Waals surface area (Å²) in [4.78, 5) is 12.3. The fourth-order valence-electron chi connectivity index (χ4n) is 3.05. The Morgan fingerprint density at radius 1 is 1.25 bits per heavy atom. The summed E-state index contributed by atoms with van der Waals surface area (Å²) >= 11 is 4.86. The standard InChI is InChI=1S/C24H27BrN4O2S/c1-5-12-29-22(14-31-21-11-8-18(25)13-20(21)16(2)3)27-28-24(29)32-15-23(30)26-19-9-6-17(4)7-10-19/h5-11,13,16H,1,12,14-15H2,2-4H3,(H,26,30). The van der Waals surface area contributed by atoms with Crippen LogP contribution in [0.15, 0.2) is 64.7 Å². The van der Waals surface area contributed by atoms with Crippen molar-refractivity contribution in [3.63, 3.8) is 0 Å². The van der Waals surface area contributed by atoms with Crippen molar-refractivity contribution in [2.75, 3.05) is 11.1 Å². The number of nitrogens with one attached hydrogen (secondary N) is 1. The fourth-order valence-corrected chi connectivity index (χ4v) is 4.20. The minimum Gasteiger partial charge on any atom is -0.485 e. The molecule has 32 heavy (non-hydrogen) atoms. The molecule has 0 spiro atoms. The lowest BCUT2D eigenvalue weighted by Crippen LogP contribution is -2.15. The molecule has 3 rings (SSSR count). The molecule has 1 N–H and O–H groups in total. The Balaban J connectivity index is 1.65. The van der Waals surface area contributed by atoms with Crippen LogP contribution in [-0.4, -0.2) is 26.4 Å². The van der Waals surface area contributed by atoms with Crippen LogP contribution >= 0.6 is 27.7 Å². The minimum absolute atomic E-state index is 0.0961. The average Bonchev–Trinajstić information content (AvgIpc) is 3.14. The van der Waals surface area contributed by atoms with Gasteiger partial charge in [-0.15, -0.1) is 16.8 Å². The van der Waals surface area contributed by atoms with E-state index in [4.69, 9.17) is 4.74 Å². The molecule has 0 aliphatic heterocycles. The van der Waals surface area contributed by atoms with Crippen LogP contribution in [0.5, 0.6) is 5.75 Å². The molecule has 0 aliphatic rings. The van der Waals surface area contributed by atoms with Crippen molar-refractivity contribution in [2.24, 2.45) is 0 Å². The third-order valence-electron chi connectivity index (χ3n) is 4.72. The summed E-state index contributed by atoms with van der Waals surface area (Å²) < 4.78 is 9.03. The van der Waals surface area contributed by atoms with Crippen LogP contribution in [0.4, 0.5) is 5.69 Å². The zero-order valence-electron chi connectivity index (χ0n) is 18.5. The van der Waals surface area contributed by atoms with Crippen LogP contribution in [0.25, 0.3) is 0 Å². The predicted molar refractivity (Wildman–Crippen MR) is 133 cm³/mol. The van der Waals surface area contributed by atoms with E-state index in [2.05, 4.69) is 57.9 Å². The maximum absolute atomic E-state index is 12.3. The van der Waals surface area contributed by atoms with Gasteiger partial charge in [-0.1, -0.05) is 65.3 Å². The van der Waals surface area contributed by atoms with Crippen molar-refractivity contribution in [1.82, 2.24) is 14.8 Å². The fraction of sp³-hybridized carbons (Fsp3) is 0.292. The van der Waals surface area contributed by atoms with Gasteiger partial charge in [-0.3, -0.25) is 9.36 Å². The Labute approximate surface area is 201 Å². The largest absolute Gasteiger partial charge is 0.485 e. The second-order valence-electron chi connectivity index (χ2n) is 7.63. The third kappa shape index (κ3) is 6.46. The Kier molecular flexibility index (Phi) is 8.53. The van der Waals surface area contributed by atoms with E-state index in [1.54, 1.807) is 6.08 Å². The normalized spacial score (nSPS) is 10.9. The second-order valence-corrected chi connectivity index (χ2v) is 9.48. The van der Waals surface area contributed by atoms with Gasteiger partial charge in [-0.2, -0.15) is 0 Å². The number of hydrogen-bond donors (Lipinski definition) is 1. The van der Waals surface area contributed by atoms with Gasteiger partial charge in [-0.05, 0) is 48.7 Å². The van der Waals surface area contributed by atoms with E-state index in [1.165, 1.54) is 11.8 Å². The van der Waals surface area contributed by atoms with Crippen LogP contribution in [-0.2, 0) is 17.9 Å². The Hall–Kier alpha value is -2.58. The topological polar surface area (TPSA) is 69.0 Å². The number of aryl methyl sites for hydroxylation is 1. The van der Waals surface area contributed by atoms with Crippen molar-refractivity contribution in [3.8, 4) is 5.75 Å². The summed E-state index contributed by atoms with van der Waals surface area (Å²) in [7, 11) is 0. The highest BCUT2D eigenvalue weighted by molar-refractivity contribution is 9.10. The van der Waals surface area contributed by atoms with Crippen LogP contribution in [0.2, 0.25) is 0 Å². The summed E-state index contributed by atoms with van der Waals surface area (Å²) in [6, 6.07) is 13.7. The summed E-state index contributed by atoms with van der Waals surface area (Å²) in [5.41, 5.74) is 3.04. The molecule has 0 radical (unpaired) electrons. The Bertz CT molecular complexity index is 1080. The molecule has 0 aliphatic carbocycles. The van der Waals surface area contributed by atoms with E-state index in [9.17, 15) is 4.79 Å². The Morgan fingerprint density at radius 2 is 2.00 bits per heavy atom. The lowest BCUT2D eigenvalue weighted by atomic mass is 10.0. The molecule has 0 unspecified atom stereocenters. The number of hydrogen-bond acceptors (Lipinski definition) is 5. The molecule has 3 aromatic rings. The minimum atomic E-state index is -0.0961. The number of benzene rings is 2. The number of carbonyl (C=O) groups is 1. The van der Waals surface area contributed by atoms with Crippen molar-refractivity contribution in [1.29, 1.82) is 0 Å². The molecular formula is C24H27BrN4O2S. The maximum Gasteiger partial charge on any atom is 0.234 e. The third-order valence-corrected chi connectivity index (χ3v) is 6.18. The molecule has 8 heteroatoms. The molecule has 1 amide bonds. The summed E-state index contributed by atoms with van der Waals surface area (Å²) in [6.07, 6.45) is 1.78. The van der Waals surface area contributed by atoms with Gasteiger partial charge in [-0.25, -0.2) is 0 Å². The molecule has 6 nitrogen and oxygen atoms in total. The SMILES string of the molecule is C=CCn1c(COc2ccc(Br)cc2C(C)C)nnc1SCC(=O)Nc1ccc(C)cc1. The number of amides is 1. The molecule has 0 fully saturated rings. The average molecular weight is 515 g/mol. The molecule has 0 bridgehead atoms. The number of halogens is 1. The first-order chi connectivity index (χ1) is 15.4. The number of thioether (sulfide) groups is 1. The lowest BCUT2D eigenvalue weighted by Gasteiger charge is -2.15. The van der Waals surface area contributed by atoms with Crippen LogP contribution in [0.3, 0.4) is 0 Å². The summed E-state index contributed by atoms with van der Waals surface area (Å²) in [5.74, 6) is 1.97. The number of anilines is 1. The first-order valence-electron chi connectivity index (χ1n) is 10.3. The van der Waals surface area contributed by atoms with Crippen LogP contribution in [0.1, 0.15) is 36.7 Å². The number of nitrogens with zero attached hydrogens (tertiary/aromatic N) is 3. The van der Waals surface area contributed by atoms with Gasteiger partial charge >= 0.3 is 0 Å². The van der Waals surface area contributed by atoms with E-state index >= 15 is 0 Å². The quantitative estimate of drug-likeness (QED) is 0.266. The van der Waals surface area contributed by atoms with Crippen molar-refractivity contribution >= 4 is 39.3 Å². The van der Waals surface area contributed by atoms with Gasteiger partial charge in [0.2, 0.25) is 5.91 Å². The summed E-state index contributed by atoms with van der Waals surface area (Å²) in [6.45, 7) is 10.9. The number of ether oxygens (including phenoxy) is 1. The second kappa shape index (κ2) is 11.3. The van der Waals surface area contributed by atoms with Crippen LogP contribution in [0, 0.1) is 6.92 Å². The van der Waals surface area contributed by atoms with E-state index in [0.717, 1.165) is 27.0 Å². The first-order valence-corrected chi connectivity index (χ1v) is 12.1. The monoisotopic (exact) mass is 514 g/mol. The van der Waals surface area contributed by atoms with Crippen LogP contribution < -0.4 is 10.1 Å². The smallest absolute Gasteiger partial charge is 0.234 e. The highest BCUT2D eigenvalue weighted by Gasteiger charge is 2.16. The molecular weight excluding hydrogens is 488 g/mol. The van der Waals surface area contributed by atoms with E-state index < -0.39 is 0 Å². The van der Waals surface area contributed by atoms with Gasteiger partial charge in [0.1, 0.15) is 12.4 Å². The Morgan fingerprint density at radius 3 is 2.69 bits per heavy atom. The molecule has 0 atom stereocenters. The highest BCUT2D eigenvalue weighted by atomic mass is 79.9. The van der Waals surface area contributed by atoms with Gasteiger partial charge in [0.25, 0.3) is 0 Å². The zero-order chi connectivity index (χ0) is 23.1. The van der Waals surface area contributed by atoms with E-state index in [0.29, 0.717) is 23.4 Å². The highest BCUT2D eigenvalue weighted by Crippen LogP contribution is 2.30. The lowest BCUT2D eigenvalue weighted by molar-refractivity contribution is -0.113. The number of allylic oxidation sites excluding steroid dienone is 1. The predicted octanol–water partition coefficient (Wildman–Crippen LogP) is 5.97. The van der Waals surface area contributed by atoms with E-state index in [1.807, 2.05) is 47.9 Å². The maximum atomic E-state index is 12.3. The molecule has 1 aromatic heterocycles. The molecule has 2 aromatic carbocycles. The van der Waals surface area contributed by atoms with Crippen molar-refractivity contribution < 1.29 is 9.53 Å². The number of rotatable bonds is 10. The van der Waals surface area contributed by atoms with Crippen molar-refractivity contribution in [2.45, 2.75) is 45.0 Å². The van der Waals surface area contributed by atoms with E-state index in [-0.39, 0.29) is 18.3 Å². The zero-order valence-corrected chi connectivity index (χ0v) is 20.9. The van der Waals surface area contributed by atoms with Gasteiger partial charge in [0.15, 0.2) is 11.0 Å². The molecule has 1 heterocycles. The van der Waals surface area contributed by atoms with Crippen molar-refractivity contribution in [3.05, 3.63) is 76.5 Å². The molecule has 168 valence electrons. The first kappa shape index (κ1) is 24.1. The van der Waals surface area contributed by atoms with Gasteiger partial charge in [0, 0.05) is 16.7 Å². The van der Waals surface area contributed by atoms with Gasteiger partial charge in [0.05, 0.1) is 5.75 Å². The number of aromatic nitrogens is 3. The number of carbonyl (C=O) groups excluding carboxylic acids is 1. The summed E-state index contributed by atoms with van der Waals surface area (Å²) in [5, 5.41) is 12.1. The van der Waals surface area contributed by atoms with Gasteiger partial charge < -0.3 is 10.1 Å². The molecule has 0 saturated carbocycles. The molecule has 0 saturated heterocycles.